The molecule has 0 unspecified atom stereocenters. The summed E-state index contributed by atoms with van der Waals surface area (Å²) in [4.78, 5) is 17.8. The van der Waals surface area contributed by atoms with Crippen molar-refractivity contribution < 1.29 is 0 Å². The zero-order chi connectivity index (χ0) is 19.2. The van der Waals surface area contributed by atoms with Gasteiger partial charge in [0.2, 0.25) is 4.96 Å². The van der Waals surface area contributed by atoms with Crippen LogP contribution in [0.15, 0.2) is 53.3 Å². The van der Waals surface area contributed by atoms with Gasteiger partial charge in [0.1, 0.15) is 0 Å². The fourth-order valence-corrected chi connectivity index (χ4v) is 3.93. The molecule has 0 saturated heterocycles. The van der Waals surface area contributed by atoms with Crippen molar-refractivity contribution in [1.29, 1.82) is 0 Å². The van der Waals surface area contributed by atoms with Gasteiger partial charge >= 0.3 is 0 Å². The molecule has 0 aliphatic heterocycles. The summed E-state index contributed by atoms with van der Waals surface area (Å²) in [5, 5.41) is 5.05. The lowest BCUT2D eigenvalue weighted by Crippen LogP contribution is -2.23. The highest BCUT2D eigenvalue weighted by Crippen LogP contribution is 2.25. The van der Waals surface area contributed by atoms with Crippen LogP contribution in [-0.4, -0.2) is 14.6 Å². The highest BCUT2D eigenvalue weighted by atomic mass is 35.5. The summed E-state index contributed by atoms with van der Waals surface area (Å²) in [5.41, 5.74) is 2.95. The van der Waals surface area contributed by atoms with E-state index in [0.29, 0.717) is 20.3 Å². The van der Waals surface area contributed by atoms with Crippen LogP contribution in [-0.2, 0) is 5.41 Å². The van der Waals surface area contributed by atoms with Crippen molar-refractivity contribution in [3.8, 4) is 11.4 Å². The SMILES string of the molecule is CC(C)(C)c1ccc(-c2nc3sc(=Cc4cccc(Cl)c4)c(=O)n3n2)cc1. The van der Waals surface area contributed by atoms with Crippen molar-refractivity contribution >= 4 is 34.0 Å². The van der Waals surface area contributed by atoms with E-state index < -0.39 is 0 Å². The van der Waals surface area contributed by atoms with Gasteiger partial charge in [-0.15, -0.1) is 5.10 Å². The maximum absolute atomic E-state index is 12.7. The van der Waals surface area contributed by atoms with Crippen molar-refractivity contribution in [2.24, 2.45) is 0 Å². The second kappa shape index (κ2) is 6.59. The Balaban J connectivity index is 1.74. The molecule has 27 heavy (non-hydrogen) atoms. The number of benzene rings is 2. The van der Waals surface area contributed by atoms with Gasteiger partial charge in [0.05, 0.1) is 4.53 Å². The summed E-state index contributed by atoms with van der Waals surface area (Å²) in [6.45, 7) is 6.53. The molecule has 2 aromatic heterocycles. The molecule has 4 nitrogen and oxygen atoms in total. The topological polar surface area (TPSA) is 47.3 Å². The lowest BCUT2D eigenvalue weighted by atomic mass is 9.87. The van der Waals surface area contributed by atoms with E-state index in [2.05, 4.69) is 43.0 Å². The summed E-state index contributed by atoms with van der Waals surface area (Å²) >= 11 is 7.34. The summed E-state index contributed by atoms with van der Waals surface area (Å²) < 4.78 is 1.95. The molecule has 0 N–H and O–H groups in total. The third-order valence-electron chi connectivity index (χ3n) is 4.34. The summed E-state index contributed by atoms with van der Waals surface area (Å²) in [5.74, 6) is 0.563. The highest BCUT2D eigenvalue weighted by molar-refractivity contribution is 7.15. The largest absolute Gasteiger partial charge is 0.291 e. The molecule has 0 atom stereocenters. The number of aromatic nitrogens is 3. The van der Waals surface area contributed by atoms with Crippen LogP contribution in [0.25, 0.3) is 22.4 Å². The Bertz CT molecular complexity index is 1230. The normalized spacial score (nSPS) is 12.8. The van der Waals surface area contributed by atoms with Gasteiger partial charge in [-0.1, -0.05) is 80.1 Å². The molecule has 0 aliphatic rings. The van der Waals surface area contributed by atoms with Crippen molar-refractivity contribution in [1.82, 2.24) is 14.6 Å². The highest BCUT2D eigenvalue weighted by Gasteiger charge is 2.15. The Kier molecular flexibility index (Phi) is 4.36. The molecule has 0 spiro atoms. The maximum Gasteiger partial charge on any atom is 0.291 e. The van der Waals surface area contributed by atoms with Crippen LogP contribution >= 0.6 is 22.9 Å². The molecular weight excluding hydrogens is 378 g/mol. The van der Waals surface area contributed by atoms with Crippen molar-refractivity contribution in [2.75, 3.05) is 0 Å². The number of hydrogen-bond donors (Lipinski definition) is 0. The van der Waals surface area contributed by atoms with Gasteiger partial charge < -0.3 is 0 Å². The summed E-state index contributed by atoms with van der Waals surface area (Å²) in [6.07, 6.45) is 1.81. The van der Waals surface area contributed by atoms with Gasteiger partial charge in [0.25, 0.3) is 5.56 Å². The lowest BCUT2D eigenvalue weighted by molar-refractivity contribution is 0.590. The first-order chi connectivity index (χ1) is 12.8. The average Bonchev–Trinajstić information content (AvgIpc) is 3.15. The monoisotopic (exact) mass is 395 g/mol. The molecule has 4 rings (SSSR count). The number of halogens is 1. The summed E-state index contributed by atoms with van der Waals surface area (Å²) in [7, 11) is 0. The first-order valence-electron chi connectivity index (χ1n) is 8.59. The van der Waals surface area contributed by atoms with E-state index in [9.17, 15) is 4.79 Å². The van der Waals surface area contributed by atoms with E-state index in [1.807, 2.05) is 36.4 Å². The van der Waals surface area contributed by atoms with E-state index >= 15 is 0 Å². The lowest BCUT2D eigenvalue weighted by Gasteiger charge is -2.18. The van der Waals surface area contributed by atoms with Gasteiger partial charge in [-0.2, -0.15) is 9.50 Å². The number of thiazole rings is 1. The second-order valence-corrected chi connectivity index (χ2v) is 8.87. The van der Waals surface area contributed by atoms with Crippen LogP contribution in [0.2, 0.25) is 5.02 Å². The number of fused-ring (bicyclic) bond motifs is 1. The van der Waals surface area contributed by atoms with Gasteiger partial charge in [-0.05, 0) is 34.8 Å². The molecule has 0 aliphatic carbocycles. The molecule has 0 radical (unpaired) electrons. The van der Waals surface area contributed by atoms with Crippen LogP contribution in [0.3, 0.4) is 0 Å². The number of nitrogens with zero attached hydrogens (tertiary/aromatic N) is 3. The van der Waals surface area contributed by atoms with Crippen LogP contribution in [0.5, 0.6) is 0 Å². The second-order valence-electron chi connectivity index (χ2n) is 7.43. The fraction of sp³-hybridized carbons (Fsp3) is 0.190. The minimum absolute atomic E-state index is 0.0910. The Labute approximate surface area is 165 Å². The third-order valence-corrected chi connectivity index (χ3v) is 5.53. The van der Waals surface area contributed by atoms with Crippen LogP contribution < -0.4 is 10.1 Å². The van der Waals surface area contributed by atoms with E-state index in [0.717, 1.165) is 11.1 Å². The Morgan fingerprint density at radius 2 is 1.85 bits per heavy atom. The molecule has 4 aromatic rings. The minimum Gasteiger partial charge on any atom is -0.266 e. The van der Waals surface area contributed by atoms with Crippen LogP contribution in [0, 0.1) is 0 Å². The van der Waals surface area contributed by atoms with Gasteiger partial charge in [0, 0.05) is 10.6 Å². The molecule has 6 heteroatoms. The van der Waals surface area contributed by atoms with E-state index in [1.54, 1.807) is 6.07 Å². The van der Waals surface area contributed by atoms with Gasteiger partial charge in [-0.25, -0.2) is 0 Å². The molecule has 0 saturated carbocycles. The quantitative estimate of drug-likeness (QED) is 0.508. The number of rotatable bonds is 2. The standard InChI is InChI=1S/C21H18ClN3OS/c1-21(2,3)15-9-7-14(8-10-15)18-23-20-25(24-18)19(26)17(27-20)12-13-5-4-6-16(22)11-13/h4-12H,1-3H3. The minimum atomic E-state index is -0.167. The molecule has 0 bridgehead atoms. The van der Waals surface area contributed by atoms with E-state index in [1.165, 1.54) is 21.4 Å². The summed E-state index contributed by atoms with van der Waals surface area (Å²) in [6, 6.07) is 15.6. The zero-order valence-corrected chi connectivity index (χ0v) is 16.8. The zero-order valence-electron chi connectivity index (χ0n) is 15.2. The Morgan fingerprint density at radius 1 is 1.11 bits per heavy atom. The fourth-order valence-electron chi connectivity index (χ4n) is 2.82. The molecule has 0 fully saturated rings. The van der Waals surface area contributed by atoms with E-state index in [4.69, 9.17) is 11.6 Å². The molecule has 2 heterocycles. The predicted molar refractivity (Wildman–Crippen MR) is 112 cm³/mol. The van der Waals surface area contributed by atoms with Crippen LogP contribution in [0.1, 0.15) is 31.9 Å². The van der Waals surface area contributed by atoms with Crippen molar-refractivity contribution in [3.63, 3.8) is 0 Å². The molecular formula is C21H18ClN3OS. The van der Waals surface area contributed by atoms with Gasteiger partial charge in [0.15, 0.2) is 5.82 Å². The van der Waals surface area contributed by atoms with E-state index in [-0.39, 0.29) is 11.0 Å². The average molecular weight is 396 g/mol. The van der Waals surface area contributed by atoms with Gasteiger partial charge in [-0.3, -0.25) is 4.79 Å². The smallest absolute Gasteiger partial charge is 0.266 e. The van der Waals surface area contributed by atoms with Crippen LogP contribution in [0.4, 0.5) is 0 Å². The van der Waals surface area contributed by atoms with Crippen molar-refractivity contribution in [2.45, 2.75) is 26.2 Å². The Morgan fingerprint density at radius 3 is 2.48 bits per heavy atom. The molecule has 136 valence electrons. The first-order valence-corrected chi connectivity index (χ1v) is 9.78. The first kappa shape index (κ1) is 17.9. The Hall–Kier alpha value is -2.50. The maximum atomic E-state index is 12.7. The third kappa shape index (κ3) is 3.53. The predicted octanol–water partition coefficient (Wildman–Crippen LogP) is 4.32. The molecule has 0 amide bonds. The number of hydrogen-bond acceptors (Lipinski definition) is 4. The van der Waals surface area contributed by atoms with Crippen molar-refractivity contribution in [3.05, 3.63) is 79.6 Å². The molecule has 2 aromatic carbocycles.